The third kappa shape index (κ3) is 1.64. The molecular weight excluding hydrogens is 202 g/mol. The Labute approximate surface area is 85.6 Å². The molecule has 0 bridgehead atoms. The second-order valence-electron chi connectivity index (χ2n) is 2.92. The Morgan fingerprint density at radius 1 is 1.38 bits per heavy atom. The van der Waals surface area contributed by atoms with Crippen LogP contribution in [0.25, 0.3) is 10.9 Å². The summed E-state index contributed by atoms with van der Waals surface area (Å²) >= 11 is 0. The van der Waals surface area contributed by atoms with Gasteiger partial charge in [0, 0.05) is 16.5 Å². The van der Waals surface area contributed by atoms with Crippen LogP contribution in [0.1, 0.15) is 5.56 Å². The highest BCUT2D eigenvalue weighted by Crippen LogP contribution is 2.29. The molecule has 0 radical (unpaired) electrons. The second kappa shape index (κ2) is 3.56. The average Bonchev–Trinajstić information content (AvgIpc) is 2.16. The van der Waals surface area contributed by atoms with E-state index in [4.69, 9.17) is 10.7 Å². The van der Waals surface area contributed by atoms with Crippen LogP contribution in [0, 0.1) is 6.92 Å². The summed E-state index contributed by atoms with van der Waals surface area (Å²) in [6.45, 7) is 2.06. The van der Waals surface area contributed by atoms with Gasteiger partial charge in [0.25, 0.3) is 0 Å². The van der Waals surface area contributed by atoms with Gasteiger partial charge in [-0.15, -0.1) is 0 Å². The molecule has 0 aliphatic carbocycles. The summed E-state index contributed by atoms with van der Waals surface area (Å²) in [5, 5.41) is 1.14. The molecule has 1 heterocycles. The minimum absolute atomic E-state index is 0.980. The topological polar surface area (TPSA) is 12.9 Å². The molecule has 2 rings (SSSR count). The monoisotopic (exact) mass is 209 g/mol. The minimum atomic E-state index is 0.980. The van der Waals surface area contributed by atoms with Crippen LogP contribution in [0.2, 0.25) is 0 Å². The lowest BCUT2D eigenvalue weighted by Gasteiger charge is -2.02. The van der Waals surface area contributed by atoms with Crippen molar-refractivity contribution in [2.24, 2.45) is 0 Å². The lowest BCUT2D eigenvalue weighted by atomic mass is 10.1. The van der Waals surface area contributed by atoms with Gasteiger partial charge in [-0.3, -0.25) is 4.98 Å². The lowest BCUT2D eigenvalue weighted by Crippen LogP contribution is -1.82. The molecule has 13 heavy (non-hydrogen) atoms. The van der Waals surface area contributed by atoms with Gasteiger partial charge in [-0.25, -0.2) is 0 Å². The van der Waals surface area contributed by atoms with Gasteiger partial charge in [0.05, 0.1) is 5.52 Å². The molecule has 0 saturated heterocycles. The summed E-state index contributed by atoms with van der Waals surface area (Å²) in [6.07, 6.45) is 1.79. The molecule has 1 nitrogen and oxygen atoms in total. The highest BCUT2D eigenvalue weighted by Gasteiger charge is 2.02. The number of aryl methyl sites for hydroxylation is 1. The summed E-state index contributed by atoms with van der Waals surface area (Å²) in [7, 11) is 6.98. The first kappa shape index (κ1) is 8.85. The molecule has 1 aromatic heterocycles. The summed E-state index contributed by atoms with van der Waals surface area (Å²) in [5.74, 6) is 0. The first-order valence-corrected chi connectivity index (χ1v) is 5.59. The van der Waals surface area contributed by atoms with Gasteiger partial charge in [-0.2, -0.15) is 0 Å². The Hall–Kier alpha value is -0.730. The fourth-order valence-electron chi connectivity index (χ4n) is 1.36. The molecular formula is C10H8ClNS. The van der Waals surface area contributed by atoms with Crippen molar-refractivity contribution in [1.82, 2.24) is 4.98 Å². The summed E-state index contributed by atoms with van der Waals surface area (Å²) in [6, 6.07) is 8.14. The zero-order valence-electron chi connectivity index (χ0n) is 7.12. The van der Waals surface area contributed by atoms with Crippen molar-refractivity contribution in [2.45, 2.75) is 11.8 Å². The molecule has 0 unspecified atom stereocenters. The van der Waals surface area contributed by atoms with Crippen LogP contribution in [0.15, 0.2) is 35.4 Å². The Kier molecular flexibility index (Phi) is 2.42. The molecule has 0 spiro atoms. The number of rotatable bonds is 1. The molecule has 1 aromatic carbocycles. The maximum atomic E-state index is 5.75. The fourth-order valence-corrected chi connectivity index (χ4v) is 2.19. The second-order valence-corrected chi connectivity index (χ2v) is 3.97. The van der Waals surface area contributed by atoms with Crippen molar-refractivity contribution in [3.05, 3.63) is 36.0 Å². The van der Waals surface area contributed by atoms with Crippen molar-refractivity contribution in [3.8, 4) is 0 Å². The molecule has 0 amide bonds. The fraction of sp³-hybridized carbons (Fsp3) is 0.100. The highest BCUT2D eigenvalue weighted by molar-refractivity contribution is 8.21. The minimum Gasteiger partial charge on any atom is -0.255 e. The number of aromatic nitrogens is 1. The number of fused-ring (bicyclic) bond motifs is 1. The van der Waals surface area contributed by atoms with Crippen LogP contribution in [0.4, 0.5) is 0 Å². The molecule has 3 heteroatoms. The molecule has 66 valence electrons. The molecule has 0 N–H and O–H groups in total. The molecule has 0 aliphatic heterocycles. The summed E-state index contributed by atoms with van der Waals surface area (Å²) < 4.78 is 0. The summed E-state index contributed by atoms with van der Waals surface area (Å²) in [5.41, 5.74) is 2.19. The van der Waals surface area contributed by atoms with Crippen LogP contribution in [-0.2, 0) is 0 Å². The maximum absolute atomic E-state index is 5.75. The van der Waals surface area contributed by atoms with Crippen LogP contribution < -0.4 is 0 Å². The van der Waals surface area contributed by atoms with Crippen LogP contribution in [0.3, 0.4) is 0 Å². The Bertz CT molecular complexity index is 442. The third-order valence-electron chi connectivity index (χ3n) is 1.90. The van der Waals surface area contributed by atoms with E-state index in [1.807, 2.05) is 18.2 Å². The van der Waals surface area contributed by atoms with Crippen molar-refractivity contribution in [3.63, 3.8) is 0 Å². The first-order chi connectivity index (χ1) is 6.31. The Morgan fingerprint density at radius 3 is 3.00 bits per heavy atom. The van der Waals surface area contributed by atoms with Gasteiger partial charge in [0.2, 0.25) is 0 Å². The standard InChI is InChI=1S/C10H8ClNS/c1-7-5-8-3-2-4-12-10(8)9(6-7)13-11/h2-6H,1H3. The van der Waals surface area contributed by atoms with E-state index in [9.17, 15) is 0 Å². The van der Waals surface area contributed by atoms with Crippen LogP contribution in [-0.4, -0.2) is 4.98 Å². The van der Waals surface area contributed by atoms with Crippen LogP contribution >= 0.6 is 21.7 Å². The van der Waals surface area contributed by atoms with Gasteiger partial charge in [0.15, 0.2) is 0 Å². The van der Waals surface area contributed by atoms with Crippen molar-refractivity contribution in [1.29, 1.82) is 0 Å². The van der Waals surface area contributed by atoms with Gasteiger partial charge in [0.1, 0.15) is 0 Å². The van der Waals surface area contributed by atoms with Crippen molar-refractivity contribution < 1.29 is 0 Å². The van der Waals surface area contributed by atoms with E-state index in [1.54, 1.807) is 6.20 Å². The predicted octanol–water partition coefficient (Wildman–Crippen LogP) is 3.79. The number of hydrogen-bond donors (Lipinski definition) is 0. The van der Waals surface area contributed by atoms with Gasteiger partial charge >= 0.3 is 0 Å². The lowest BCUT2D eigenvalue weighted by molar-refractivity contribution is 1.32. The molecule has 0 saturated carbocycles. The average molecular weight is 210 g/mol. The Balaban J connectivity index is 2.81. The largest absolute Gasteiger partial charge is 0.255 e. The third-order valence-corrected chi connectivity index (χ3v) is 2.87. The van der Waals surface area contributed by atoms with E-state index in [0.717, 1.165) is 15.8 Å². The molecule has 0 atom stereocenters. The zero-order valence-corrected chi connectivity index (χ0v) is 8.69. The normalized spacial score (nSPS) is 10.6. The van der Waals surface area contributed by atoms with Crippen molar-refractivity contribution >= 4 is 32.6 Å². The predicted molar refractivity (Wildman–Crippen MR) is 58.2 cm³/mol. The number of benzene rings is 1. The molecule has 2 aromatic rings. The molecule has 0 fully saturated rings. The highest BCUT2D eigenvalue weighted by atomic mass is 35.7. The smallest absolute Gasteiger partial charge is 0.0850 e. The quantitative estimate of drug-likeness (QED) is 0.709. The SMILES string of the molecule is Cc1cc(SCl)c2ncccc2c1. The summed E-state index contributed by atoms with van der Waals surface area (Å²) in [4.78, 5) is 5.31. The molecule has 0 aliphatic rings. The number of nitrogens with zero attached hydrogens (tertiary/aromatic N) is 1. The van der Waals surface area contributed by atoms with E-state index >= 15 is 0 Å². The number of pyridine rings is 1. The van der Waals surface area contributed by atoms with E-state index in [2.05, 4.69) is 18.0 Å². The zero-order chi connectivity index (χ0) is 9.26. The van der Waals surface area contributed by atoms with E-state index in [0.29, 0.717) is 0 Å². The Morgan fingerprint density at radius 2 is 2.23 bits per heavy atom. The maximum Gasteiger partial charge on any atom is 0.0850 e. The van der Waals surface area contributed by atoms with Gasteiger partial charge in [-0.05, 0) is 52.3 Å². The van der Waals surface area contributed by atoms with Crippen molar-refractivity contribution in [2.75, 3.05) is 0 Å². The number of hydrogen-bond acceptors (Lipinski definition) is 2. The first-order valence-electron chi connectivity index (χ1n) is 3.95. The van der Waals surface area contributed by atoms with Gasteiger partial charge < -0.3 is 0 Å². The van der Waals surface area contributed by atoms with Crippen LogP contribution in [0.5, 0.6) is 0 Å². The van der Waals surface area contributed by atoms with E-state index < -0.39 is 0 Å². The van der Waals surface area contributed by atoms with E-state index in [1.165, 1.54) is 16.5 Å². The number of halogens is 1. The van der Waals surface area contributed by atoms with Gasteiger partial charge in [-0.1, -0.05) is 6.07 Å². The van der Waals surface area contributed by atoms with E-state index in [-0.39, 0.29) is 0 Å².